The highest BCUT2D eigenvalue weighted by atomic mass is 35.5. The first-order valence-corrected chi connectivity index (χ1v) is 7.69. The highest BCUT2D eigenvalue weighted by Gasteiger charge is 2.25. The van der Waals surface area contributed by atoms with Crippen LogP contribution >= 0.6 is 11.6 Å². The van der Waals surface area contributed by atoms with E-state index in [1.807, 2.05) is 20.8 Å². The van der Waals surface area contributed by atoms with Crippen molar-refractivity contribution in [3.8, 4) is 5.75 Å². The van der Waals surface area contributed by atoms with Gasteiger partial charge in [-0.15, -0.1) is 0 Å². The zero-order valence-electron chi connectivity index (χ0n) is 13.6. The van der Waals surface area contributed by atoms with E-state index in [0.717, 1.165) is 0 Å². The van der Waals surface area contributed by atoms with Crippen molar-refractivity contribution >= 4 is 29.6 Å². The Hall–Kier alpha value is -2.01. The first kappa shape index (κ1) is 17.3. The lowest BCUT2D eigenvalue weighted by Gasteiger charge is -2.24. The zero-order chi connectivity index (χ0) is 17.2. The smallest absolute Gasteiger partial charge is 0.338 e. The van der Waals surface area contributed by atoms with Crippen molar-refractivity contribution in [2.75, 3.05) is 6.61 Å². The largest absolute Gasteiger partial charge is 0.488 e. The van der Waals surface area contributed by atoms with Gasteiger partial charge in [-0.05, 0) is 52.0 Å². The van der Waals surface area contributed by atoms with Crippen molar-refractivity contribution in [2.24, 2.45) is 0 Å². The molecule has 1 aliphatic heterocycles. The molecule has 0 radical (unpaired) electrons. The van der Waals surface area contributed by atoms with Gasteiger partial charge in [0.2, 0.25) is 0 Å². The van der Waals surface area contributed by atoms with Gasteiger partial charge in [0.1, 0.15) is 12.4 Å². The van der Waals surface area contributed by atoms with Gasteiger partial charge < -0.3 is 14.8 Å². The molecule has 0 saturated carbocycles. The molecule has 0 saturated heterocycles. The molecule has 0 fully saturated rings. The molecular weight excluding hydrogens is 318 g/mol. The Balaban J connectivity index is 2.05. The molecule has 0 bridgehead atoms. The van der Waals surface area contributed by atoms with Crippen LogP contribution < -0.4 is 10.1 Å². The third-order valence-electron chi connectivity index (χ3n) is 3.10. The average molecular weight is 338 g/mol. The Morgan fingerprint density at radius 3 is 2.70 bits per heavy atom. The van der Waals surface area contributed by atoms with Gasteiger partial charge in [0, 0.05) is 16.1 Å². The summed E-state index contributed by atoms with van der Waals surface area (Å²) < 4.78 is 10.7. The van der Waals surface area contributed by atoms with Gasteiger partial charge in [-0.1, -0.05) is 11.6 Å². The molecule has 0 spiro atoms. The van der Waals surface area contributed by atoms with Crippen molar-refractivity contribution in [1.29, 1.82) is 0 Å². The van der Waals surface area contributed by atoms with Gasteiger partial charge in [0.05, 0.1) is 5.57 Å². The van der Waals surface area contributed by atoms with Crippen LogP contribution in [0, 0.1) is 0 Å². The van der Waals surface area contributed by atoms with Crippen LogP contribution in [0.5, 0.6) is 5.75 Å². The Kier molecular flexibility index (Phi) is 5.00. The van der Waals surface area contributed by atoms with Crippen molar-refractivity contribution in [1.82, 2.24) is 5.32 Å². The summed E-state index contributed by atoms with van der Waals surface area (Å²) in [5.74, 6) is -0.261. The van der Waals surface area contributed by atoms with E-state index in [0.29, 0.717) is 21.9 Å². The van der Waals surface area contributed by atoms with Crippen molar-refractivity contribution in [3.05, 3.63) is 34.4 Å². The fraction of sp³-hybridized carbons (Fsp3) is 0.412. The molecular formula is C17H20ClNO4. The van der Waals surface area contributed by atoms with E-state index in [-0.39, 0.29) is 18.1 Å². The normalized spacial score (nSPS) is 14.9. The van der Waals surface area contributed by atoms with Crippen LogP contribution in [0.15, 0.2) is 23.8 Å². The van der Waals surface area contributed by atoms with E-state index in [4.69, 9.17) is 21.1 Å². The number of ether oxygens (including phenoxy) is 2. The maximum Gasteiger partial charge on any atom is 0.338 e. The van der Waals surface area contributed by atoms with Gasteiger partial charge in [0.15, 0.2) is 6.10 Å². The second-order valence-electron chi connectivity index (χ2n) is 6.43. The number of benzene rings is 1. The molecule has 23 heavy (non-hydrogen) atoms. The third-order valence-corrected chi connectivity index (χ3v) is 3.33. The number of hydrogen-bond acceptors (Lipinski definition) is 4. The fourth-order valence-corrected chi connectivity index (χ4v) is 2.21. The van der Waals surface area contributed by atoms with Crippen LogP contribution in [0.1, 0.15) is 33.3 Å². The van der Waals surface area contributed by atoms with Gasteiger partial charge in [0.25, 0.3) is 5.91 Å². The number of halogens is 1. The van der Waals surface area contributed by atoms with E-state index in [1.54, 1.807) is 24.3 Å². The Labute approximate surface area is 140 Å². The molecule has 1 aromatic rings. The van der Waals surface area contributed by atoms with Crippen LogP contribution in [0.4, 0.5) is 0 Å². The molecule has 1 aromatic carbocycles. The van der Waals surface area contributed by atoms with Gasteiger partial charge >= 0.3 is 5.97 Å². The Morgan fingerprint density at radius 2 is 2.04 bits per heavy atom. The molecule has 1 N–H and O–H groups in total. The second-order valence-corrected chi connectivity index (χ2v) is 6.86. The molecule has 0 aliphatic carbocycles. The predicted molar refractivity (Wildman–Crippen MR) is 88.4 cm³/mol. The molecule has 6 heteroatoms. The van der Waals surface area contributed by atoms with E-state index >= 15 is 0 Å². The minimum atomic E-state index is -0.886. The molecule has 2 rings (SSSR count). The first-order chi connectivity index (χ1) is 10.7. The Morgan fingerprint density at radius 1 is 1.35 bits per heavy atom. The van der Waals surface area contributed by atoms with Gasteiger partial charge in [-0.25, -0.2) is 4.79 Å². The molecule has 1 heterocycles. The van der Waals surface area contributed by atoms with Crippen LogP contribution in [0.3, 0.4) is 0 Å². The molecule has 1 amide bonds. The summed E-state index contributed by atoms with van der Waals surface area (Å²) in [6.45, 7) is 7.21. The second kappa shape index (κ2) is 6.62. The summed E-state index contributed by atoms with van der Waals surface area (Å²) in [5, 5.41) is 3.32. The highest BCUT2D eigenvalue weighted by molar-refractivity contribution is 6.30. The minimum absolute atomic E-state index is 0.0983. The maximum absolute atomic E-state index is 12.2. The van der Waals surface area contributed by atoms with E-state index in [2.05, 4.69) is 5.32 Å². The van der Waals surface area contributed by atoms with Crippen molar-refractivity contribution < 1.29 is 19.1 Å². The number of nitrogens with one attached hydrogen (secondary N) is 1. The lowest BCUT2D eigenvalue weighted by molar-refractivity contribution is -0.152. The van der Waals surface area contributed by atoms with E-state index in [9.17, 15) is 9.59 Å². The molecule has 5 nitrogen and oxygen atoms in total. The molecule has 1 aliphatic rings. The number of esters is 1. The molecule has 1 atom stereocenters. The summed E-state index contributed by atoms with van der Waals surface area (Å²) >= 11 is 5.94. The van der Waals surface area contributed by atoms with Crippen molar-refractivity contribution in [3.63, 3.8) is 0 Å². The lowest BCUT2D eigenvalue weighted by atomic mass is 10.1. The number of carbonyl (C=O) groups is 2. The number of rotatable bonds is 3. The topological polar surface area (TPSA) is 64.6 Å². The fourth-order valence-electron chi connectivity index (χ4n) is 2.03. The van der Waals surface area contributed by atoms with Gasteiger partial charge in [-0.2, -0.15) is 0 Å². The predicted octanol–water partition coefficient (Wildman–Crippen LogP) is 2.96. The molecule has 124 valence electrons. The Bertz CT molecular complexity index is 661. The van der Waals surface area contributed by atoms with Crippen molar-refractivity contribution in [2.45, 2.75) is 39.3 Å². The molecule has 1 unspecified atom stereocenters. The standard InChI is InChI=1S/C17H20ClNO4/c1-10(15(20)19-17(2,3)4)23-16(21)12-7-11-8-13(18)5-6-14(11)22-9-12/h5-8,10H,9H2,1-4H3,(H,19,20). The lowest BCUT2D eigenvalue weighted by Crippen LogP contribution is -2.46. The van der Waals surface area contributed by atoms with Crippen LogP contribution in [-0.4, -0.2) is 30.1 Å². The summed E-state index contributed by atoms with van der Waals surface area (Å²) in [6, 6.07) is 5.17. The quantitative estimate of drug-likeness (QED) is 0.861. The maximum atomic E-state index is 12.2. The number of amides is 1. The summed E-state index contributed by atoms with van der Waals surface area (Å²) in [4.78, 5) is 24.2. The van der Waals surface area contributed by atoms with Crippen LogP contribution in [0.25, 0.3) is 6.08 Å². The molecule has 0 aromatic heterocycles. The summed E-state index contributed by atoms with van der Waals surface area (Å²) in [5.41, 5.74) is 0.665. The SMILES string of the molecule is CC(OC(=O)C1=Cc2cc(Cl)ccc2OC1)C(=O)NC(C)(C)C. The monoisotopic (exact) mass is 337 g/mol. The third kappa shape index (κ3) is 4.73. The highest BCUT2D eigenvalue weighted by Crippen LogP contribution is 2.29. The van der Waals surface area contributed by atoms with Crippen LogP contribution in [-0.2, 0) is 14.3 Å². The summed E-state index contributed by atoms with van der Waals surface area (Å²) in [6.07, 6.45) is 0.782. The average Bonchev–Trinajstić information content (AvgIpc) is 2.44. The number of hydrogen-bond donors (Lipinski definition) is 1. The first-order valence-electron chi connectivity index (χ1n) is 7.31. The number of fused-ring (bicyclic) bond motifs is 1. The van der Waals surface area contributed by atoms with Crippen LogP contribution in [0.2, 0.25) is 5.02 Å². The summed E-state index contributed by atoms with van der Waals surface area (Å²) in [7, 11) is 0. The van der Waals surface area contributed by atoms with Gasteiger partial charge in [-0.3, -0.25) is 4.79 Å². The minimum Gasteiger partial charge on any atom is -0.488 e. The number of carbonyl (C=O) groups excluding carboxylic acids is 2. The zero-order valence-corrected chi connectivity index (χ0v) is 14.4. The van der Waals surface area contributed by atoms with E-state index < -0.39 is 12.1 Å². The van der Waals surface area contributed by atoms with E-state index in [1.165, 1.54) is 6.92 Å².